The Morgan fingerprint density at radius 1 is 1.23 bits per heavy atom. The van der Waals surface area contributed by atoms with E-state index in [2.05, 4.69) is 9.72 Å². The summed E-state index contributed by atoms with van der Waals surface area (Å²) in [4.78, 5) is 15.6. The van der Waals surface area contributed by atoms with Crippen molar-refractivity contribution in [1.82, 2.24) is 9.38 Å². The zero-order valence-electron chi connectivity index (χ0n) is 11.9. The average molecular weight is 302 g/mol. The molecule has 2 heterocycles. The van der Waals surface area contributed by atoms with Crippen molar-refractivity contribution in [1.29, 1.82) is 0 Å². The molecule has 4 nitrogen and oxygen atoms in total. The van der Waals surface area contributed by atoms with Gasteiger partial charge >= 0.3 is 5.97 Å². The van der Waals surface area contributed by atoms with Crippen LogP contribution < -0.4 is 0 Å². The predicted octanol–water partition coefficient (Wildman–Crippen LogP) is 3.37. The molecule has 3 rings (SSSR count). The maximum absolute atomic E-state index is 14.2. The molecule has 0 N–H and O–H groups in total. The van der Waals surface area contributed by atoms with Crippen LogP contribution in [-0.2, 0) is 4.74 Å². The number of esters is 1. The van der Waals surface area contributed by atoms with Gasteiger partial charge in [0, 0.05) is 12.4 Å². The largest absolute Gasteiger partial charge is 0.465 e. The minimum absolute atomic E-state index is 0.164. The van der Waals surface area contributed by atoms with Gasteiger partial charge in [-0.05, 0) is 36.8 Å². The van der Waals surface area contributed by atoms with Gasteiger partial charge in [0.05, 0.1) is 23.9 Å². The van der Waals surface area contributed by atoms with Crippen LogP contribution in [0.4, 0.5) is 8.78 Å². The molecule has 0 fully saturated rings. The molecular weight excluding hydrogens is 290 g/mol. The molecule has 0 atom stereocenters. The number of hydrogen-bond acceptors (Lipinski definition) is 3. The lowest BCUT2D eigenvalue weighted by molar-refractivity contribution is 0.0599. The normalized spacial score (nSPS) is 10.9. The van der Waals surface area contributed by atoms with Gasteiger partial charge in [0.1, 0.15) is 17.3 Å². The van der Waals surface area contributed by atoms with E-state index in [-0.39, 0.29) is 16.8 Å². The summed E-state index contributed by atoms with van der Waals surface area (Å²) < 4.78 is 34.5. The maximum atomic E-state index is 14.2. The summed E-state index contributed by atoms with van der Waals surface area (Å²) in [6.07, 6.45) is 3.30. The van der Waals surface area contributed by atoms with E-state index >= 15 is 0 Å². The number of rotatable bonds is 2. The fourth-order valence-electron chi connectivity index (χ4n) is 2.26. The number of fused-ring (bicyclic) bond motifs is 1. The van der Waals surface area contributed by atoms with Crippen LogP contribution in [0, 0.1) is 18.6 Å². The first kappa shape index (κ1) is 14.2. The highest BCUT2D eigenvalue weighted by atomic mass is 19.1. The van der Waals surface area contributed by atoms with E-state index in [1.165, 1.54) is 6.20 Å². The van der Waals surface area contributed by atoms with Gasteiger partial charge in [-0.15, -0.1) is 0 Å². The summed E-state index contributed by atoms with van der Waals surface area (Å²) in [7, 11) is 1.15. The SMILES string of the molecule is COC(=O)c1cc(F)c(-c2cn3ccc(C)cc3n2)c(F)c1. The van der Waals surface area contributed by atoms with Crippen LogP contribution in [0.15, 0.2) is 36.7 Å². The van der Waals surface area contributed by atoms with E-state index < -0.39 is 17.6 Å². The maximum Gasteiger partial charge on any atom is 0.338 e. The van der Waals surface area contributed by atoms with Crippen molar-refractivity contribution in [3.8, 4) is 11.3 Å². The molecule has 0 bridgehead atoms. The zero-order valence-corrected chi connectivity index (χ0v) is 11.9. The van der Waals surface area contributed by atoms with E-state index in [0.29, 0.717) is 5.65 Å². The van der Waals surface area contributed by atoms with Crippen LogP contribution in [0.5, 0.6) is 0 Å². The number of methoxy groups -OCH3 is 1. The molecule has 6 heteroatoms. The lowest BCUT2D eigenvalue weighted by Gasteiger charge is -2.05. The molecule has 22 heavy (non-hydrogen) atoms. The molecule has 0 radical (unpaired) electrons. The van der Waals surface area contributed by atoms with E-state index in [9.17, 15) is 13.6 Å². The van der Waals surface area contributed by atoms with Gasteiger partial charge in [0.25, 0.3) is 0 Å². The van der Waals surface area contributed by atoms with Crippen molar-refractivity contribution in [2.45, 2.75) is 6.92 Å². The highest BCUT2D eigenvalue weighted by molar-refractivity contribution is 5.90. The molecular formula is C16H12F2N2O2. The summed E-state index contributed by atoms with van der Waals surface area (Å²) in [6, 6.07) is 5.56. The molecule has 0 aliphatic rings. The molecule has 3 aromatic rings. The van der Waals surface area contributed by atoms with Crippen LogP contribution in [-0.4, -0.2) is 22.5 Å². The number of imidazole rings is 1. The number of carbonyl (C=O) groups excluding carboxylic acids is 1. The Labute approximate surface area is 125 Å². The van der Waals surface area contributed by atoms with Crippen molar-refractivity contribution in [2.75, 3.05) is 7.11 Å². The first-order chi connectivity index (χ1) is 10.5. The lowest BCUT2D eigenvalue weighted by atomic mass is 10.1. The third-order valence-electron chi connectivity index (χ3n) is 3.34. The number of aryl methyl sites for hydroxylation is 1. The standard InChI is InChI=1S/C16H12F2N2O2/c1-9-3-4-20-8-13(19-14(20)5-9)15-11(17)6-10(7-12(15)18)16(21)22-2/h3-8H,1-2H3. The van der Waals surface area contributed by atoms with Gasteiger partial charge in [-0.2, -0.15) is 0 Å². The Morgan fingerprint density at radius 2 is 1.91 bits per heavy atom. The number of nitrogens with zero attached hydrogens (tertiary/aromatic N) is 2. The summed E-state index contributed by atoms with van der Waals surface area (Å²) in [5.41, 5.74) is 1.30. The number of pyridine rings is 1. The number of hydrogen-bond donors (Lipinski definition) is 0. The van der Waals surface area contributed by atoms with Crippen LogP contribution in [0.1, 0.15) is 15.9 Å². The smallest absolute Gasteiger partial charge is 0.338 e. The Hall–Kier alpha value is -2.76. The topological polar surface area (TPSA) is 43.6 Å². The van der Waals surface area contributed by atoms with Gasteiger partial charge in [0.15, 0.2) is 0 Å². The minimum Gasteiger partial charge on any atom is -0.465 e. The second-order valence-electron chi connectivity index (χ2n) is 4.90. The molecule has 0 spiro atoms. The van der Waals surface area contributed by atoms with Crippen molar-refractivity contribution >= 4 is 11.6 Å². The Bertz CT molecular complexity index is 864. The molecule has 0 amide bonds. The molecule has 0 saturated heterocycles. The molecule has 1 aromatic carbocycles. The number of ether oxygens (including phenoxy) is 1. The molecule has 0 saturated carbocycles. The fourth-order valence-corrected chi connectivity index (χ4v) is 2.26. The van der Waals surface area contributed by atoms with E-state index in [1.54, 1.807) is 10.6 Å². The van der Waals surface area contributed by atoms with Crippen molar-refractivity contribution in [2.24, 2.45) is 0 Å². The summed E-state index contributed by atoms with van der Waals surface area (Å²) in [6.45, 7) is 1.90. The zero-order chi connectivity index (χ0) is 15.9. The summed E-state index contributed by atoms with van der Waals surface area (Å²) >= 11 is 0. The first-order valence-electron chi connectivity index (χ1n) is 6.52. The number of carbonyl (C=O) groups is 1. The van der Waals surface area contributed by atoms with E-state index in [4.69, 9.17) is 0 Å². The monoisotopic (exact) mass is 302 g/mol. The van der Waals surface area contributed by atoms with Crippen LogP contribution in [0.3, 0.4) is 0 Å². The average Bonchev–Trinajstić information content (AvgIpc) is 2.87. The van der Waals surface area contributed by atoms with Gasteiger partial charge in [-0.3, -0.25) is 0 Å². The molecule has 2 aromatic heterocycles. The number of benzene rings is 1. The van der Waals surface area contributed by atoms with Crippen LogP contribution in [0.25, 0.3) is 16.9 Å². The molecule has 0 unspecified atom stereocenters. The van der Waals surface area contributed by atoms with Gasteiger partial charge in [0.2, 0.25) is 0 Å². The highest BCUT2D eigenvalue weighted by Crippen LogP contribution is 2.27. The van der Waals surface area contributed by atoms with Crippen molar-refractivity contribution < 1.29 is 18.3 Å². The minimum atomic E-state index is -0.861. The van der Waals surface area contributed by atoms with Crippen molar-refractivity contribution in [3.05, 3.63) is 59.4 Å². The quantitative estimate of drug-likeness (QED) is 0.682. The number of halogens is 2. The van der Waals surface area contributed by atoms with Gasteiger partial charge in [-0.1, -0.05) is 0 Å². The van der Waals surface area contributed by atoms with E-state index in [1.807, 2.05) is 19.1 Å². The van der Waals surface area contributed by atoms with Gasteiger partial charge in [-0.25, -0.2) is 18.6 Å². The van der Waals surface area contributed by atoms with Crippen LogP contribution >= 0.6 is 0 Å². The fraction of sp³-hybridized carbons (Fsp3) is 0.125. The van der Waals surface area contributed by atoms with Crippen LogP contribution in [0.2, 0.25) is 0 Å². The molecule has 112 valence electrons. The highest BCUT2D eigenvalue weighted by Gasteiger charge is 2.19. The Kier molecular flexibility index (Phi) is 3.36. The van der Waals surface area contributed by atoms with Crippen molar-refractivity contribution in [3.63, 3.8) is 0 Å². The Morgan fingerprint density at radius 3 is 2.55 bits per heavy atom. The van der Waals surface area contributed by atoms with E-state index in [0.717, 1.165) is 24.8 Å². The molecule has 0 aliphatic heterocycles. The number of aromatic nitrogens is 2. The summed E-state index contributed by atoms with van der Waals surface area (Å²) in [5.74, 6) is -2.52. The summed E-state index contributed by atoms with van der Waals surface area (Å²) in [5, 5.41) is 0. The second-order valence-corrected chi connectivity index (χ2v) is 4.90. The predicted molar refractivity (Wildman–Crippen MR) is 76.6 cm³/mol. The first-order valence-corrected chi connectivity index (χ1v) is 6.52. The molecule has 0 aliphatic carbocycles. The van der Waals surface area contributed by atoms with Gasteiger partial charge < -0.3 is 9.14 Å². The second kappa shape index (κ2) is 5.22. The Balaban J connectivity index is 2.15. The third-order valence-corrected chi connectivity index (χ3v) is 3.34. The lowest BCUT2D eigenvalue weighted by Crippen LogP contribution is -2.04. The third kappa shape index (κ3) is 2.32.